The third-order valence-electron chi connectivity index (χ3n) is 4.24. The lowest BCUT2D eigenvalue weighted by atomic mass is 10.1. The highest BCUT2D eigenvalue weighted by Crippen LogP contribution is 2.39. The number of carbonyl (C=O) groups excluding carboxylic acids is 2. The fraction of sp³-hybridized carbons (Fsp3) is 0.0952. The maximum absolute atomic E-state index is 13.2. The molecule has 0 spiro atoms. The van der Waals surface area contributed by atoms with Crippen LogP contribution in [0.5, 0.6) is 11.5 Å². The predicted octanol–water partition coefficient (Wildman–Crippen LogP) is 5.12. The zero-order valence-corrected chi connectivity index (χ0v) is 17.2. The van der Waals surface area contributed by atoms with Crippen molar-refractivity contribution >= 4 is 34.9 Å². The monoisotopic (exact) mass is 464 g/mol. The average Bonchev–Trinajstić information content (AvgIpc) is 2.74. The number of ether oxygens (including phenoxy) is 1. The van der Waals surface area contributed by atoms with Crippen LogP contribution in [-0.2, 0) is 6.18 Å². The Morgan fingerprint density at radius 2 is 1.75 bits per heavy atom. The number of hydrogen-bond donors (Lipinski definition) is 2. The standard InChI is InChI=1S/C21H16ClF3N4O3/c1-27-19(30)18-11-15(7-8-28-18)32-14-4-2-3-12(9-14)29(20(26)31)13-5-6-17(22)16(10-13)21(23,24)25/h2-11H,1H3,(H2,26,31)(H,27,30). The van der Waals surface area contributed by atoms with E-state index in [0.717, 1.165) is 17.0 Å². The number of carbonyl (C=O) groups is 2. The minimum atomic E-state index is -4.72. The van der Waals surface area contributed by atoms with Gasteiger partial charge in [0, 0.05) is 25.4 Å². The van der Waals surface area contributed by atoms with E-state index in [1.54, 1.807) is 6.07 Å². The molecule has 0 unspecified atom stereocenters. The zero-order valence-electron chi connectivity index (χ0n) is 16.5. The molecule has 0 atom stereocenters. The molecule has 1 heterocycles. The maximum Gasteiger partial charge on any atom is 0.417 e. The molecule has 32 heavy (non-hydrogen) atoms. The fourth-order valence-electron chi connectivity index (χ4n) is 2.82. The highest BCUT2D eigenvalue weighted by Gasteiger charge is 2.34. The molecule has 11 heteroatoms. The Bertz CT molecular complexity index is 1170. The van der Waals surface area contributed by atoms with Gasteiger partial charge in [-0.1, -0.05) is 17.7 Å². The van der Waals surface area contributed by atoms with Gasteiger partial charge in [-0.3, -0.25) is 14.7 Å². The lowest BCUT2D eigenvalue weighted by molar-refractivity contribution is -0.137. The van der Waals surface area contributed by atoms with Crippen molar-refractivity contribution in [2.75, 3.05) is 11.9 Å². The van der Waals surface area contributed by atoms with Crippen molar-refractivity contribution in [3.8, 4) is 11.5 Å². The number of primary amides is 1. The minimum Gasteiger partial charge on any atom is -0.457 e. The molecule has 7 nitrogen and oxygen atoms in total. The second-order valence-electron chi connectivity index (χ2n) is 6.39. The number of rotatable bonds is 5. The quantitative estimate of drug-likeness (QED) is 0.547. The van der Waals surface area contributed by atoms with E-state index < -0.39 is 28.7 Å². The second kappa shape index (κ2) is 9.15. The second-order valence-corrected chi connectivity index (χ2v) is 6.80. The van der Waals surface area contributed by atoms with Crippen molar-refractivity contribution in [3.63, 3.8) is 0 Å². The molecule has 0 aliphatic heterocycles. The van der Waals surface area contributed by atoms with Crippen LogP contribution in [-0.4, -0.2) is 24.0 Å². The highest BCUT2D eigenvalue weighted by atomic mass is 35.5. The minimum absolute atomic E-state index is 0.126. The summed E-state index contributed by atoms with van der Waals surface area (Å²) in [5.74, 6) is 0.118. The van der Waals surface area contributed by atoms with Gasteiger partial charge in [-0.25, -0.2) is 4.79 Å². The van der Waals surface area contributed by atoms with E-state index in [1.807, 2.05) is 0 Å². The number of hydrogen-bond acceptors (Lipinski definition) is 4. The fourth-order valence-corrected chi connectivity index (χ4v) is 3.05. The van der Waals surface area contributed by atoms with Crippen molar-refractivity contribution < 1.29 is 27.5 Å². The summed E-state index contributed by atoms with van der Waals surface area (Å²) >= 11 is 5.66. The normalized spacial score (nSPS) is 11.0. The van der Waals surface area contributed by atoms with Crippen molar-refractivity contribution in [1.29, 1.82) is 0 Å². The summed E-state index contributed by atoms with van der Waals surface area (Å²) in [6.45, 7) is 0. The molecule has 3 aromatic rings. The molecule has 0 saturated heterocycles. The molecule has 0 radical (unpaired) electrons. The van der Waals surface area contributed by atoms with Gasteiger partial charge in [0.1, 0.15) is 17.2 Å². The Kier molecular flexibility index (Phi) is 6.54. The Balaban J connectivity index is 1.96. The first-order chi connectivity index (χ1) is 15.1. The van der Waals surface area contributed by atoms with Crippen molar-refractivity contribution in [2.24, 2.45) is 5.73 Å². The van der Waals surface area contributed by atoms with Crippen molar-refractivity contribution in [1.82, 2.24) is 10.3 Å². The van der Waals surface area contributed by atoms with Gasteiger partial charge in [-0.05, 0) is 36.4 Å². The number of nitrogens with zero attached hydrogens (tertiary/aromatic N) is 2. The first-order valence-electron chi connectivity index (χ1n) is 9.02. The number of nitrogens with one attached hydrogen (secondary N) is 1. The predicted molar refractivity (Wildman–Crippen MR) is 112 cm³/mol. The number of pyridine rings is 1. The number of benzene rings is 2. The number of anilines is 2. The lowest BCUT2D eigenvalue weighted by Crippen LogP contribution is -2.31. The topological polar surface area (TPSA) is 97.5 Å². The number of nitrogens with two attached hydrogens (primary N) is 1. The lowest BCUT2D eigenvalue weighted by Gasteiger charge is -2.22. The van der Waals surface area contributed by atoms with E-state index in [2.05, 4.69) is 10.3 Å². The molecule has 0 bridgehead atoms. The van der Waals surface area contributed by atoms with Crippen LogP contribution in [0.4, 0.5) is 29.3 Å². The van der Waals surface area contributed by atoms with Crippen LogP contribution in [0, 0.1) is 0 Å². The van der Waals surface area contributed by atoms with Crippen molar-refractivity contribution in [2.45, 2.75) is 6.18 Å². The summed E-state index contributed by atoms with van der Waals surface area (Å²) in [7, 11) is 1.46. The largest absolute Gasteiger partial charge is 0.457 e. The van der Waals surface area contributed by atoms with E-state index in [-0.39, 0.29) is 28.6 Å². The van der Waals surface area contributed by atoms with Gasteiger partial charge in [-0.15, -0.1) is 0 Å². The Morgan fingerprint density at radius 1 is 1.06 bits per heavy atom. The maximum atomic E-state index is 13.2. The summed E-state index contributed by atoms with van der Waals surface area (Å²) in [6.07, 6.45) is -3.34. The zero-order chi connectivity index (χ0) is 23.5. The molecule has 166 valence electrons. The van der Waals surface area contributed by atoms with Crippen LogP contribution in [0.2, 0.25) is 5.02 Å². The smallest absolute Gasteiger partial charge is 0.417 e. The van der Waals surface area contributed by atoms with Crippen LogP contribution in [0.15, 0.2) is 60.8 Å². The van der Waals surface area contributed by atoms with E-state index >= 15 is 0 Å². The number of aromatic nitrogens is 1. The summed E-state index contributed by atoms with van der Waals surface area (Å²) < 4.78 is 45.5. The summed E-state index contributed by atoms with van der Waals surface area (Å²) in [5, 5.41) is 1.93. The molecule has 0 aliphatic rings. The molecular formula is C21H16ClF3N4O3. The van der Waals surface area contributed by atoms with Crippen LogP contribution in [0.1, 0.15) is 16.1 Å². The van der Waals surface area contributed by atoms with Crippen LogP contribution < -0.4 is 20.7 Å². The Labute approximate surface area is 185 Å². The van der Waals surface area contributed by atoms with Gasteiger partial charge in [0.05, 0.1) is 22.0 Å². The number of urea groups is 1. The number of halogens is 4. The molecule has 3 amide bonds. The van der Waals surface area contributed by atoms with Crippen LogP contribution in [0.3, 0.4) is 0 Å². The summed E-state index contributed by atoms with van der Waals surface area (Å²) in [4.78, 5) is 28.7. The average molecular weight is 465 g/mol. The van der Waals surface area contributed by atoms with Gasteiger partial charge in [0.25, 0.3) is 5.91 Å². The summed E-state index contributed by atoms with van der Waals surface area (Å²) in [5.41, 5.74) is 4.50. The molecule has 3 N–H and O–H groups in total. The van der Waals surface area contributed by atoms with Gasteiger partial charge in [-0.2, -0.15) is 13.2 Å². The highest BCUT2D eigenvalue weighted by molar-refractivity contribution is 6.31. The number of amides is 3. The van der Waals surface area contributed by atoms with Gasteiger partial charge >= 0.3 is 12.2 Å². The van der Waals surface area contributed by atoms with Crippen LogP contribution >= 0.6 is 11.6 Å². The van der Waals surface area contributed by atoms with E-state index in [0.29, 0.717) is 0 Å². The SMILES string of the molecule is CNC(=O)c1cc(Oc2cccc(N(C(N)=O)c3ccc(Cl)c(C(F)(F)F)c3)c2)ccn1. The van der Waals surface area contributed by atoms with Gasteiger partial charge in [0.2, 0.25) is 0 Å². The van der Waals surface area contributed by atoms with Crippen molar-refractivity contribution in [3.05, 3.63) is 77.1 Å². The van der Waals surface area contributed by atoms with E-state index in [1.165, 1.54) is 49.6 Å². The third kappa shape index (κ3) is 5.09. The van der Waals surface area contributed by atoms with Gasteiger partial charge < -0.3 is 15.8 Å². The number of alkyl halides is 3. The molecule has 0 aliphatic carbocycles. The van der Waals surface area contributed by atoms with E-state index in [4.69, 9.17) is 22.1 Å². The Morgan fingerprint density at radius 3 is 2.41 bits per heavy atom. The van der Waals surface area contributed by atoms with E-state index in [9.17, 15) is 22.8 Å². The third-order valence-corrected chi connectivity index (χ3v) is 4.57. The first kappa shape index (κ1) is 22.9. The Hall–Kier alpha value is -3.79. The van der Waals surface area contributed by atoms with Gasteiger partial charge in [0.15, 0.2) is 0 Å². The molecule has 2 aromatic carbocycles. The first-order valence-corrected chi connectivity index (χ1v) is 9.40. The molecule has 0 saturated carbocycles. The summed E-state index contributed by atoms with van der Waals surface area (Å²) in [6, 6.07) is 10.9. The molecule has 3 rings (SSSR count). The van der Waals surface area contributed by atoms with Crippen LogP contribution in [0.25, 0.3) is 0 Å². The molecule has 1 aromatic heterocycles. The molecule has 0 fully saturated rings. The molecular weight excluding hydrogens is 449 g/mol.